The van der Waals surface area contributed by atoms with Crippen molar-refractivity contribution in [2.24, 2.45) is 0 Å². The number of fused-ring (bicyclic) bond motifs is 1. The van der Waals surface area contributed by atoms with E-state index in [0.29, 0.717) is 16.0 Å². The molecule has 7 heteroatoms. The van der Waals surface area contributed by atoms with Crippen molar-refractivity contribution in [2.45, 2.75) is 0 Å². The topological polar surface area (TPSA) is 50.7 Å². The van der Waals surface area contributed by atoms with Crippen molar-refractivity contribution in [3.05, 3.63) is 88.4 Å². The summed E-state index contributed by atoms with van der Waals surface area (Å²) in [6, 6.07) is 23.3. The van der Waals surface area contributed by atoms with Crippen LogP contribution in [0.2, 0.25) is 10.2 Å². The summed E-state index contributed by atoms with van der Waals surface area (Å²) in [5, 5.41) is 7.21. The number of nitrogens with zero attached hydrogens (tertiary/aromatic N) is 3. The number of benzene rings is 3. The summed E-state index contributed by atoms with van der Waals surface area (Å²) in [4.78, 5) is 13.8. The van der Waals surface area contributed by atoms with Crippen LogP contribution in [0.25, 0.3) is 32.9 Å². The molecule has 2 aromatic heterocycles. The average molecular weight is 449 g/mol. The van der Waals surface area contributed by atoms with E-state index in [0.717, 1.165) is 38.5 Å². The molecule has 146 valence electrons. The van der Waals surface area contributed by atoms with E-state index in [1.165, 1.54) is 0 Å². The molecule has 3 aromatic carbocycles. The van der Waals surface area contributed by atoms with E-state index in [1.807, 2.05) is 78.2 Å². The van der Waals surface area contributed by atoms with Gasteiger partial charge < -0.3 is 5.32 Å². The summed E-state index contributed by atoms with van der Waals surface area (Å²) in [6.45, 7) is 0. The molecule has 0 aliphatic carbocycles. The zero-order valence-corrected chi connectivity index (χ0v) is 17.8. The molecule has 0 aliphatic heterocycles. The number of hydrogen-bond acceptors (Lipinski definition) is 5. The SMILES string of the molecule is Clc1ccccc1-c1nc(-c2cccc(Nc3nc4ccccc4nc3Cl)c2)cs1. The summed E-state index contributed by atoms with van der Waals surface area (Å²) >= 11 is 14.2. The predicted molar refractivity (Wildman–Crippen MR) is 126 cm³/mol. The van der Waals surface area contributed by atoms with Gasteiger partial charge in [-0.2, -0.15) is 0 Å². The van der Waals surface area contributed by atoms with Crippen molar-refractivity contribution in [2.75, 3.05) is 5.32 Å². The largest absolute Gasteiger partial charge is 0.338 e. The van der Waals surface area contributed by atoms with Gasteiger partial charge in [-0.05, 0) is 30.3 Å². The third-order valence-corrected chi connectivity index (χ3v) is 6.03. The van der Waals surface area contributed by atoms with Crippen LogP contribution in [0, 0.1) is 0 Å². The van der Waals surface area contributed by atoms with Crippen molar-refractivity contribution in [1.82, 2.24) is 15.0 Å². The van der Waals surface area contributed by atoms with Gasteiger partial charge in [-0.25, -0.2) is 15.0 Å². The highest BCUT2D eigenvalue weighted by Crippen LogP contribution is 2.34. The fourth-order valence-electron chi connectivity index (χ4n) is 3.12. The molecule has 5 rings (SSSR count). The number of thiazole rings is 1. The number of hydrogen-bond donors (Lipinski definition) is 1. The van der Waals surface area contributed by atoms with E-state index in [4.69, 9.17) is 28.2 Å². The van der Waals surface area contributed by atoms with Crippen molar-refractivity contribution >= 4 is 57.1 Å². The Morgan fingerprint density at radius 2 is 1.53 bits per heavy atom. The van der Waals surface area contributed by atoms with E-state index in [-0.39, 0.29) is 0 Å². The Hall–Kier alpha value is -2.99. The van der Waals surface area contributed by atoms with Crippen LogP contribution in [0.5, 0.6) is 0 Å². The van der Waals surface area contributed by atoms with Gasteiger partial charge in [-0.15, -0.1) is 11.3 Å². The van der Waals surface area contributed by atoms with Crippen LogP contribution in [0.3, 0.4) is 0 Å². The number of aromatic nitrogens is 3. The lowest BCUT2D eigenvalue weighted by Crippen LogP contribution is -1.97. The fourth-order valence-corrected chi connectivity index (χ4v) is 4.45. The summed E-state index contributed by atoms with van der Waals surface area (Å²) in [5.41, 5.74) is 5.20. The Bertz CT molecular complexity index is 1370. The molecule has 0 radical (unpaired) electrons. The monoisotopic (exact) mass is 448 g/mol. The number of para-hydroxylation sites is 2. The van der Waals surface area contributed by atoms with Gasteiger partial charge >= 0.3 is 0 Å². The van der Waals surface area contributed by atoms with Gasteiger partial charge in [0.15, 0.2) is 11.0 Å². The van der Waals surface area contributed by atoms with Gasteiger partial charge in [-0.1, -0.05) is 65.7 Å². The standard InChI is InChI=1S/C23H14Cl2N4S/c24-17-9-2-1-8-16(17)23-29-20(13-30-23)14-6-5-7-15(12-14)26-22-21(25)27-18-10-3-4-11-19(18)28-22/h1-13H,(H,26,28). The maximum Gasteiger partial charge on any atom is 0.172 e. The van der Waals surface area contributed by atoms with Crippen molar-refractivity contribution in [3.8, 4) is 21.8 Å². The molecule has 0 aliphatic rings. The molecule has 0 saturated carbocycles. The zero-order valence-electron chi connectivity index (χ0n) is 15.5. The molecule has 0 spiro atoms. The number of nitrogens with one attached hydrogen (secondary N) is 1. The van der Waals surface area contributed by atoms with E-state index < -0.39 is 0 Å². The minimum Gasteiger partial charge on any atom is -0.338 e. The van der Waals surface area contributed by atoms with Crippen LogP contribution in [0.4, 0.5) is 11.5 Å². The summed E-state index contributed by atoms with van der Waals surface area (Å²) in [6.07, 6.45) is 0. The lowest BCUT2D eigenvalue weighted by molar-refractivity contribution is 1.28. The Morgan fingerprint density at radius 3 is 2.37 bits per heavy atom. The van der Waals surface area contributed by atoms with Crippen molar-refractivity contribution in [3.63, 3.8) is 0 Å². The minimum atomic E-state index is 0.328. The van der Waals surface area contributed by atoms with E-state index >= 15 is 0 Å². The maximum absolute atomic E-state index is 6.34. The van der Waals surface area contributed by atoms with Gasteiger partial charge in [0.05, 0.1) is 21.7 Å². The quantitative estimate of drug-likeness (QED) is 0.309. The summed E-state index contributed by atoms with van der Waals surface area (Å²) in [7, 11) is 0. The lowest BCUT2D eigenvalue weighted by Gasteiger charge is -2.09. The van der Waals surface area contributed by atoms with Gasteiger partial charge in [0.1, 0.15) is 5.01 Å². The van der Waals surface area contributed by atoms with Crippen LogP contribution in [0.1, 0.15) is 0 Å². The third-order valence-electron chi connectivity index (χ3n) is 4.56. The van der Waals surface area contributed by atoms with Gasteiger partial charge in [0.2, 0.25) is 0 Å². The van der Waals surface area contributed by atoms with Crippen molar-refractivity contribution in [1.29, 1.82) is 0 Å². The normalized spacial score (nSPS) is 11.0. The van der Waals surface area contributed by atoms with Crippen LogP contribution in [0.15, 0.2) is 78.2 Å². The highest BCUT2D eigenvalue weighted by Gasteiger charge is 2.11. The molecule has 4 nitrogen and oxygen atoms in total. The first-order valence-electron chi connectivity index (χ1n) is 9.17. The molecule has 0 amide bonds. The van der Waals surface area contributed by atoms with Crippen LogP contribution >= 0.6 is 34.5 Å². The first kappa shape index (κ1) is 19.0. The summed E-state index contributed by atoms with van der Waals surface area (Å²) in [5.74, 6) is 0.516. The molecule has 1 N–H and O–H groups in total. The molecule has 5 aromatic rings. The molecule has 0 atom stereocenters. The molecule has 2 heterocycles. The Balaban J connectivity index is 1.46. The van der Waals surface area contributed by atoms with E-state index in [1.54, 1.807) is 11.3 Å². The Morgan fingerprint density at radius 1 is 0.767 bits per heavy atom. The van der Waals surface area contributed by atoms with E-state index in [9.17, 15) is 0 Å². The van der Waals surface area contributed by atoms with Crippen LogP contribution < -0.4 is 5.32 Å². The van der Waals surface area contributed by atoms with Crippen LogP contribution in [-0.2, 0) is 0 Å². The number of halogens is 2. The average Bonchev–Trinajstić information content (AvgIpc) is 3.25. The molecular weight excluding hydrogens is 435 g/mol. The number of anilines is 2. The highest BCUT2D eigenvalue weighted by atomic mass is 35.5. The molecule has 0 bridgehead atoms. The number of rotatable bonds is 4. The van der Waals surface area contributed by atoms with Gasteiger partial charge in [0.25, 0.3) is 0 Å². The Labute approximate surface area is 187 Å². The van der Waals surface area contributed by atoms with Gasteiger partial charge in [-0.3, -0.25) is 0 Å². The Kier molecular flexibility index (Phi) is 5.09. The molecule has 0 saturated heterocycles. The second-order valence-electron chi connectivity index (χ2n) is 6.58. The molecule has 0 unspecified atom stereocenters. The highest BCUT2D eigenvalue weighted by molar-refractivity contribution is 7.13. The van der Waals surface area contributed by atoms with Gasteiger partial charge in [0, 0.05) is 22.2 Å². The third kappa shape index (κ3) is 3.75. The molecular formula is C23H14Cl2N4S. The second-order valence-corrected chi connectivity index (χ2v) is 8.20. The maximum atomic E-state index is 6.34. The lowest BCUT2D eigenvalue weighted by atomic mass is 10.1. The first-order chi connectivity index (χ1) is 14.7. The van der Waals surface area contributed by atoms with Crippen molar-refractivity contribution < 1.29 is 0 Å². The zero-order chi connectivity index (χ0) is 20.5. The predicted octanol–water partition coefficient (Wildman–Crippen LogP) is 7.47. The fraction of sp³-hybridized carbons (Fsp3) is 0. The first-order valence-corrected chi connectivity index (χ1v) is 10.8. The smallest absolute Gasteiger partial charge is 0.172 e. The summed E-state index contributed by atoms with van der Waals surface area (Å²) < 4.78 is 0. The second kappa shape index (κ2) is 8.03. The molecule has 30 heavy (non-hydrogen) atoms. The molecule has 0 fully saturated rings. The minimum absolute atomic E-state index is 0.328. The van der Waals surface area contributed by atoms with E-state index in [2.05, 4.69) is 15.3 Å². The van der Waals surface area contributed by atoms with Crippen LogP contribution in [-0.4, -0.2) is 15.0 Å².